The van der Waals surface area contributed by atoms with E-state index in [1.165, 1.54) is 24.0 Å². The highest BCUT2D eigenvalue weighted by atomic mass is 16.4. The summed E-state index contributed by atoms with van der Waals surface area (Å²) in [6, 6.07) is 19.6. The largest absolute Gasteiger partial charge is 0.478 e. The van der Waals surface area contributed by atoms with Crippen LogP contribution in [0.15, 0.2) is 85.7 Å². The first-order chi connectivity index (χ1) is 30.4. The minimum atomic E-state index is -0.920. The number of carbonyl (C=O) groups excluding carboxylic acids is 1. The lowest BCUT2D eigenvalue weighted by Crippen LogP contribution is -2.38. The highest BCUT2D eigenvalue weighted by molar-refractivity contribution is 5.96. The van der Waals surface area contributed by atoms with Gasteiger partial charge in [0, 0.05) is 53.6 Å². The highest BCUT2D eigenvalue weighted by Crippen LogP contribution is 2.31. The van der Waals surface area contributed by atoms with Crippen molar-refractivity contribution in [2.45, 2.75) is 79.1 Å². The van der Waals surface area contributed by atoms with Crippen LogP contribution in [-0.4, -0.2) is 97.2 Å². The predicted octanol–water partition coefficient (Wildman–Crippen LogP) is 7.96. The Hall–Kier alpha value is -7.00. The average Bonchev–Trinajstić information content (AvgIpc) is 4.11. The van der Waals surface area contributed by atoms with Crippen molar-refractivity contribution in [1.82, 2.24) is 59.3 Å². The van der Waals surface area contributed by atoms with Crippen molar-refractivity contribution < 1.29 is 14.7 Å². The quantitative estimate of drug-likeness (QED) is 0.128. The molecule has 2 aliphatic rings. The Morgan fingerprint density at radius 2 is 1.10 bits per heavy atom. The van der Waals surface area contributed by atoms with E-state index in [0.717, 1.165) is 113 Å². The third-order valence-electron chi connectivity index (χ3n) is 12.2. The Balaban J connectivity index is 0.000000143. The highest BCUT2D eigenvalue weighted by Gasteiger charge is 2.26. The molecule has 15 nitrogen and oxygen atoms in total. The Morgan fingerprint density at radius 3 is 1.57 bits per heavy atom. The molecule has 0 unspecified atom stereocenters. The monoisotopic (exact) mass is 846 g/mol. The lowest BCUT2D eigenvalue weighted by molar-refractivity contribution is 0.0693. The second-order valence-electron chi connectivity index (χ2n) is 16.7. The van der Waals surface area contributed by atoms with Crippen LogP contribution in [0.25, 0.3) is 33.8 Å². The summed E-state index contributed by atoms with van der Waals surface area (Å²) in [5.74, 6) is 2.02. The van der Waals surface area contributed by atoms with E-state index in [1.807, 2.05) is 85.0 Å². The van der Waals surface area contributed by atoms with Crippen LogP contribution >= 0.6 is 0 Å². The first-order valence-corrected chi connectivity index (χ1v) is 21.5. The molecule has 1 amide bonds. The van der Waals surface area contributed by atoms with Gasteiger partial charge in [0.1, 0.15) is 24.3 Å². The molecule has 4 N–H and O–H groups in total. The first kappa shape index (κ1) is 42.7. The smallest absolute Gasteiger partial charge is 0.335 e. The molecule has 2 fully saturated rings. The molecule has 2 aromatic carbocycles. The number of carboxylic acids is 1. The van der Waals surface area contributed by atoms with E-state index in [-0.39, 0.29) is 11.5 Å². The van der Waals surface area contributed by atoms with E-state index < -0.39 is 5.97 Å². The number of nitrogens with zero attached hydrogens (tertiary/aromatic N) is 9. The molecule has 6 aromatic heterocycles. The van der Waals surface area contributed by atoms with Crippen LogP contribution in [0.5, 0.6) is 0 Å². The van der Waals surface area contributed by atoms with Crippen molar-refractivity contribution in [1.29, 1.82) is 0 Å². The van der Waals surface area contributed by atoms with Crippen LogP contribution in [0.4, 0.5) is 0 Å². The van der Waals surface area contributed by atoms with Crippen molar-refractivity contribution in [2.24, 2.45) is 0 Å². The van der Waals surface area contributed by atoms with Gasteiger partial charge in [0.15, 0.2) is 11.3 Å². The number of hydrogen-bond donors (Lipinski definition) is 4. The van der Waals surface area contributed by atoms with Crippen molar-refractivity contribution in [3.05, 3.63) is 142 Å². The topological polar surface area (TPSA) is 187 Å². The van der Waals surface area contributed by atoms with E-state index in [4.69, 9.17) is 5.11 Å². The molecular weight excluding hydrogens is 793 g/mol. The molecule has 0 radical (unpaired) electrons. The number of aryl methyl sites for hydroxylation is 6. The molecule has 8 heterocycles. The normalized spacial score (nSPS) is 14.6. The number of pyridine rings is 2. The molecule has 8 aromatic rings. The van der Waals surface area contributed by atoms with Gasteiger partial charge in [0.25, 0.3) is 5.91 Å². The third kappa shape index (κ3) is 9.58. The molecule has 0 saturated carbocycles. The number of piperidine rings is 2. The predicted molar refractivity (Wildman–Crippen MR) is 242 cm³/mol. The summed E-state index contributed by atoms with van der Waals surface area (Å²) >= 11 is 0. The minimum absolute atomic E-state index is 0.0949. The number of likely N-dealkylation sites (tertiary alicyclic amines) is 1. The second kappa shape index (κ2) is 18.5. The van der Waals surface area contributed by atoms with Gasteiger partial charge in [-0.3, -0.25) is 13.6 Å². The van der Waals surface area contributed by atoms with Gasteiger partial charge in [-0.15, -0.1) is 20.4 Å². The van der Waals surface area contributed by atoms with Crippen molar-refractivity contribution in [3.8, 4) is 22.5 Å². The molecule has 10 rings (SSSR count). The number of fused-ring (bicyclic) bond motifs is 2. The van der Waals surface area contributed by atoms with Gasteiger partial charge in [-0.1, -0.05) is 12.1 Å². The van der Waals surface area contributed by atoms with Crippen LogP contribution in [0.3, 0.4) is 0 Å². The Bertz CT molecular complexity index is 2890. The number of rotatable bonds is 6. The van der Waals surface area contributed by atoms with Gasteiger partial charge >= 0.3 is 5.97 Å². The first-order valence-electron chi connectivity index (χ1n) is 21.5. The third-order valence-corrected chi connectivity index (χ3v) is 12.2. The summed E-state index contributed by atoms with van der Waals surface area (Å²) in [5.41, 5.74) is 13.2. The molecule has 15 heteroatoms. The van der Waals surface area contributed by atoms with Crippen LogP contribution in [0.1, 0.15) is 104 Å². The molecule has 2 aliphatic heterocycles. The molecule has 63 heavy (non-hydrogen) atoms. The second-order valence-corrected chi connectivity index (χ2v) is 16.7. The zero-order valence-electron chi connectivity index (χ0n) is 36.7. The zero-order valence-corrected chi connectivity index (χ0v) is 36.7. The summed E-state index contributed by atoms with van der Waals surface area (Å²) < 4.78 is 3.87. The van der Waals surface area contributed by atoms with Gasteiger partial charge < -0.3 is 25.3 Å². The fourth-order valence-electron chi connectivity index (χ4n) is 8.69. The Kier molecular flexibility index (Phi) is 12.6. The summed E-state index contributed by atoms with van der Waals surface area (Å²) in [4.78, 5) is 41.6. The lowest BCUT2D eigenvalue weighted by Gasteiger charge is -2.32. The number of carboxylic acid groups (broad SMARTS) is 1. The van der Waals surface area contributed by atoms with E-state index in [9.17, 15) is 9.59 Å². The van der Waals surface area contributed by atoms with Crippen molar-refractivity contribution in [3.63, 3.8) is 0 Å². The van der Waals surface area contributed by atoms with Crippen LogP contribution in [-0.2, 0) is 0 Å². The fourth-order valence-corrected chi connectivity index (χ4v) is 8.69. The number of amides is 1. The average molecular weight is 847 g/mol. The Labute approximate surface area is 366 Å². The van der Waals surface area contributed by atoms with Crippen molar-refractivity contribution in [2.75, 3.05) is 26.2 Å². The number of nitrogens with one attached hydrogen (secondary N) is 3. The number of H-pyrrole nitrogens is 2. The maximum Gasteiger partial charge on any atom is 0.335 e. The molecular formula is C48H54N12O3. The lowest BCUT2D eigenvalue weighted by atomic mass is 9.89. The summed E-state index contributed by atoms with van der Waals surface area (Å²) in [5, 5.41) is 28.4. The van der Waals surface area contributed by atoms with Gasteiger partial charge in [-0.25, -0.2) is 14.8 Å². The number of hydrogen-bond acceptors (Lipinski definition) is 9. The molecule has 0 spiro atoms. The summed E-state index contributed by atoms with van der Waals surface area (Å²) in [7, 11) is 0. The molecule has 2 saturated heterocycles. The molecule has 0 atom stereocenters. The van der Waals surface area contributed by atoms with E-state index in [1.54, 1.807) is 24.8 Å². The number of carbonyl (C=O) groups is 2. The fraction of sp³-hybridized carbons (Fsp3) is 0.333. The maximum atomic E-state index is 13.2. The van der Waals surface area contributed by atoms with Crippen LogP contribution < -0.4 is 5.32 Å². The SMILES string of the molecule is Cc1nc(-c2cc(C(=O)N3CCC(c4ccn5cnnc5c4)CC3)ccc2C)c(C)[nH]1.Cc1nc(-c2cc(C(=O)O)ccc2C)c(C)[nH]1.c1cn2cnnc2cc1C1CCNCC1. The van der Waals surface area contributed by atoms with Crippen molar-refractivity contribution >= 4 is 23.2 Å². The number of aromatic amines is 2. The number of aromatic carboxylic acids is 1. The van der Waals surface area contributed by atoms with Crippen LogP contribution in [0, 0.1) is 41.5 Å². The van der Waals surface area contributed by atoms with E-state index in [0.29, 0.717) is 11.8 Å². The van der Waals surface area contributed by atoms with Gasteiger partial charge in [-0.05, 0) is 163 Å². The van der Waals surface area contributed by atoms with Crippen LogP contribution in [0.2, 0.25) is 0 Å². The van der Waals surface area contributed by atoms with E-state index in [2.05, 4.69) is 76.8 Å². The Morgan fingerprint density at radius 1 is 0.619 bits per heavy atom. The maximum absolute atomic E-state index is 13.2. The standard InChI is InChI=1S/C24H26N6O.C13H14N2O2.C11H14N4/c1-15-4-5-20(12-21(15)23-16(2)26-17(3)27-23)24(31)29-9-6-18(7-10-29)19-8-11-30-14-25-28-22(30)13-19;1-7-4-5-10(13(16)17)6-11(7)12-8(2)14-9(3)15-12;1-4-12-5-2-9(1)10-3-6-15-8-13-14-11(15)7-10/h4-5,8,11-14,18H,6-7,9-10H2,1-3H3,(H,26,27);4-6H,1-3H3,(H,14,15)(H,16,17);3,6-9,12H,1-2,4-5H2. The summed E-state index contributed by atoms with van der Waals surface area (Å²) in [6.45, 7) is 15.6. The van der Waals surface area contributed by atoms with Gasteiger partial charge in [-0.2, -0.15) is 0 Å². The number of imidazole rings is 2. The molecule has 324 valence electrons. The summed E-state index contributed by atoms with van der Waals surface area (Å²) in [6.07, 6.45) is 11.9. The van der Waals surface area contributed by atoms with Gasteiger partial charge in [0.05, 0.1) is 17.0 Å². The molecule has 0 aliphatic carbocycles. The molecule has 0 bridgehead atoms. The zero-order chi connectivity index (χ0) is 44.2. The number of aromatic nitrogens is 10. The minimum Gasteiger partial charge on any atom is -0.478 e. The van der Waals surface area contributed by atoms with E-state index >= 15 is 0 Å². The van der Waals surface area contributed by atoms with Gasteiger partial charge in [0.2, 0.25) is 0 Å². The number of benzene rings is 2.